The Morgan fingerprint density at radius 3 is 2.76 bits per heavy atom. The third-order valence-corrected chi connectivity index (χ3v) is 3.98. The van der Waals surface area contributed by atoms with Crippen molar-refractivity contribution in [1.82, 2.24) is 9.97 Å². The number of fused-ring (bicyclic) bond motifs is 1. The van der Waals surface area contributed by atoms with E-state index in [0.717, 1.165) is 6.07 Å². The largest absolute Gasteiger partial charge is 0.507 e. The average Bonchev–Trinajstić information content (AvgIpc) is 3.15. The Labute approximate surface area is 163 Å². The van der Waals surface area contributed by atoms with Gasteiger partial charge in [-0.15, -0.1) is 0 Å². The van der Waals surface area contributed by atoms with Crippen LogP contribution in [0.2, 0.25) is 0 Å². The second kappa shape index (κ2) is 8.10. The molecule has 1 aromatic heterocycles. The van der Waals surface area contributed by atoms with E-state index in [1.165, 1.54) is 19.2 Å². The molecule has 3 rings (SSSR count). The van der Waals surface area contributed by atoms with Crippen molar-refractivity contribution in [2.24, 2.45) is 0 Å². The molecule has 10 nitrogen and oxygen atoms in total. The van der Waals surface area contributed by atoms with Gasteiger partial charge in [-0.25, -0.2) is 9.78 Å². The lowest BCUT2D eigenvalue weighted by Crippen LogP contribution is -2.10. The second-order valence-corrected chi connectivity index (χ2v) is 5.76. The molecule has 29 heavy (non-hydrogen) atoms. The van der Waals surface area contributed by atoms with Gasteiger partial charge in [-0.1, -0.05) is 12.1 Å². The van der Waals surface area contributed by atoms with Gasteiger partial charge in [0.15, 0.2) is 17.3 Å². The van der Waals surface area contributed by atoms with Crippen LogP contribution < -0.4 is 4.74 Å². The molecule has 0 unspecified atom stereocenters. The van der Waals surface area contributed by atoms with Gasteiger partial charge in [-0.05, 0) is 24.3 Å². The summed E-state index contributed by atoms with van der Waals surface area (Å²) < 4.78 is 9.85. The number of nitriles is 1. The van der Waals surface area contributed by atoms with Gasteiger partial charge in [0.2, 0.25) is 0 Å². The van der Waals surface area contributed by atoms with Crippen molar-refractivity contribution in [3.05, 3.63) is 69.7 Å². The molecule has 0 saturated carbocycles. The van der Waals surface area contributed by atoms with E-state index in [1.807, 2.05) is 6.07 Å². The van der Waals surface area contributed by atoms with E-state index in [2.05, 4.69) is 9.97 Å². The van der Waals surface area contributed by atoms with Crippen LogP contribution in [0.4, 0.5) is 5.69 Å². The Hall–Kier alpha value is -4.39. The van der Waals surface area contributed by atoms with Crippen LogP contribution in [0.25, 0.3) is 16.6 Å². The molecule has 0 fully saturated rings. The first-order chi connectivity index (χ1) is 13.9. The number of aromatic amines is 1. The van der Waals surface area contributed by atoms with Gasteiger partial charge in [0.1, 0.15) is 18.2 Å². The number of aromatic nitrogens is 2. The summed E-state index contributed by atoms with van der Waals surface area (Å²) in [5, 5.41) is 30.6. The zero-order valence-electron chi connectivity index (χ0n) is 15.1. The number of hydrogen-bond donors (Lipinski definition) is 2. The van der Waals surface area contributed by atoms with Crippen LogP contribution >= 0.6 is 0 Å². The summed E-state index contributed by atoms with van der Waals surface area (Å²) >= 11 is 0. The number of nitrogens with one attached hydrogen (secondary N) is 1. The summed E-state index contributed by atoms with van der Waals surface area (Å²) in [5.74, 6) is -1.31. The number of aliphatic hydroxyl groups is 1. The fraction of sp³-hybridized carbons (Fsp3) is 0.105. The van der Waals surface area contributed by atoms with Crippen LogP contribution in [0.1, 0.15) is 16.2 Å². The highest BCUT2D eigenvalue weighted by Crippen LogP contribution is 2.28. The predicted octanol–water partition coefficient (Wildman–Crippen LogP) is 3.13. The predicted molar refractivity (Wildman–Crippen MR) is 101 cm³/mol. The number of methoxy groups -OCH3 is 1. The molecular formula is C19H14N4O6. The maximum absolute atomic E-state index is 12.2. The van der Waals surface area contributed by atoms with E-state index in [-0.39, 0.29) is 22.7 Å². The molecule has 0 aliphatic rings. The molecule has 3 aromatic rings. The Balaban J connectivity index is 1.80. The molecule has 2 aromatic carbocycles. The van der Waals surface area contributed by atoms with Gasteiger partial charge in [0, 0.05) is 6.07 Å². The summed E-state index contributed by atoms with van der Waals surface area (Å²) in [6.07, 6.45) is 0. The molecule has 0 spiro atoms. The number of ether oxygens (including phenoxy) is 2. The molecule has 0 aliphatic heterocycles. The number of rotatable bonds is 6. The van der Waals surface area contributed by atoms with E-state index in [1.54, 1.807) is 24.3 Å². The number of imidazole rings is 1. The molecule has 0 atom stereocenters. The SMILES string of the molecule is COc1ccc(C(=O)OCC(O)=C(C#N)c2nc3ccccc3[nH]2)cc1[N+](=O)[O-]. The number of para-hydroxylation sites is 2. The van der Waals surface area contributed by atoms with Crippen LogP contribution in [0, 0.1) is 21.4 Å². The van der Waals surface area contributed by atoms with Crippen molar-refractivity contribution in [3.63, 3.8) is 0 Å². The fourth-order valence-corrected chi connectivity index (χ4v) is 2.57. The van der Waals surface area contributed by atoms with Gasteiger partial charge < -0.3 is 19.6 Å². The molecular weight excluding hydrogens is 380 g/mol. The standard InChI is InChI=1S/C19H14N4O6/c1-28-17-7-6-11(8-15(17)23(26)27)19(25)29-10-16(24)12(9-20)18-21-13-4-2-3-5-14(13)22-18/h2-8,24H,10H2,1H3,(H,21,22). The highest BCUT2D eigenvalue weighted by molar-refractivity contribution is 5.91. The van der Waals surface area contributed by atoms with Crippen LogP contribution in [-0.2, 0) is 4.74 Å². The number of nitrogens with zero attached hydrogens (tertiary/aromatic N) is 3. The molecule has 2 N–H and O–H groups in total. The van der Waals surface area contributed by atoms with Crippen molar-refractivity contribution in [3.8, 4) is 11.8 Å². The first-order valence-electron chi connectivity index (χ1n) is 8.21. The summed E-state index contributed by atoms with van der Waals surface area (Å²) in [7, 11) is 1.27. The quantitative estimate of drug-likeness (QED) is 0.213. The number of benzene rings is 2. The molecule has 0 aliphatic carbocycles. The van der Waals surface area contributed by atoms with Crippen LogP contribution in [0.3, 0.4) is 0 Å². The van der Waals surface area contributed by atoms with Crippen molar-refractivity contribution in [2.75, 3.05) is 13.7 Å². The molecule has 10 heteroatoms. The average molecular weight is 394 g/mol. The summed E-state index contributed by atoms with van der Waals surface area (Å²) in [6, 6.07) is 12.4. The van der Waals surface area contributed by atoms with Gasteiger partial charge in [-0.2, -0.15) is 5.26 Å². The minimum atomic E-state index is -0.913. The Bertz CT molecular complexity index is 1140. The highest BCUT2D eigenvalue weighted by atomic mass is 16.6. The second-order valence-electron chi connectivity index (χ2n) is 5.76. The molecule has 0 saturated heterocycles. The number of aliphatic hydroxyl groups excluding tert-OH is 1. The zero-order chi connectivity index (χ0) is 21.0. The number of hydrogen-bond acceptors (Lipinski definition) is 8. The van der Waals surface area contributed by atoms with Crippen LogP contribution in [0.5, 0.6) is 5.75 Å². The Kier molecular flexibility index (Phi) is 5.41. The topological polar surface area (TPSA) is 151 Å². The molecule has 146 valence electrons. The summed E-state index contributed by atoms with van der Waals surface area (Å²) in [6.45, 7) is -0.613. The van der Waals surface area contributed by atoms with Crippen molar-refractivity contribution < 1.29 is 24.3 Å². The summed E-state index contributed by atoms with van der Waals surface area (Å²) in [5.41, 5.74) is 0.583. The molecule has 0 amide bonds. The Morgan fingerprint density at radius 1 is 1.34 bits per heavy atom. The molecule has 0 radical (unpaired) electrons. The third kappa shape index (κ3) is 3.98. The zero-order valence-corrected chi connectivity index (χ0v) is 15.1. The lowest BCUT2D eigenvalue weighted by Gasteiger charge is -2.07. The van der Waals surface area contributed by atoms with Gasteiger partial charge in [0.25, 0.3) is 0 Å². The number of allylic oxidation sites excluding steroid dienone is 1. The molecule has 0 bridgehead atoms. The van der Waals surface area contributed by atoms with Crippen molar-refractivity contribution in [1.29, 1.82) is 5.26 Å². The van der Waals surface area contributed by atoms with Crippen LogP contribution in [0.15, 0.2) is 48.2 Å². The van der Waals surface area contributed by atoms with Gasteiger partial charge >= 0.3 is 11.7 Å². The third-order valence-electron chi connectivity index (χ3n) is 3.98. The van der Waals surface area contributed by atoms with Crippen molar-refractivity contribution in [2.45, 2.75) is 0 Å². The number of nitro groups is 1. The summed E-state index contributed by atoms with van der Waals surface area (Å²) in [4.78, 5) is 29.7. The smallest absolute Gasteiger partial charge is 0.338 e. The highest BCUT2D eigenvalue weighted by Gasteiger charge is 2.20. The van der Waals surface area contributed by atoms with E-state index in [4.69, 9.17) is 9.47 Å². The van der Waals surface area contributed by atoms with E-state index in [0.29, 0.717) is 11.0 Å². The first kappa shape index (κ1) is 19.4. The van der Waals surface area contributed by atoms with Gasteiger partial charge in [-0.3, -0.25) is 10.1 Å². The van der Waals surface area contributed by atoms with E-state index < -0.39 is 28.9 Å². The molecule has 1 heterocycles. The number of esters is 1. The van der Waals surface area contributed by atoms with Crippen molar-refractivity contribution >= 4 is 28.3 Å². The Morgan fingerprint density at radius 2 is 2.10 bits per heavy atom. The maximum Gasteiger partial charge on any atom is 0.338 e. The monoisotopic (exact) mass is 394 g/mol. The number of carbonyl (C=O) groups excluding carboxylic acids is 1. The number of H-pyrrole nitrogens is 1. The van der Waals surface area contributed by atoms with Crippen LogP contribution in [-0.4, -0.2) is 39.7 Å². The van der Waals surface area contributed by atoms with E-state index in [9.17, 15) is 25.3 Å². The number of carbonyl (C=O) groups is 1. The first-order valence-corrected chi connectivity index (χ1v) is 8.21. The fourth-order valence-electron chi connectivity index (χ4n) is 2.57. The minimum Gasteiger partial charge on any atom is -0.507 e. The van der Waals surface area contributed by atoms with Gasteiger partial charge in [0.05, 0.1) is 28.6 Å². The normalized spacial score (nSPS) is 11.4. The minimum absolute atomic E-state index is 0.00838. The van der Waals surface area contributed by atoms with E-state index >= 15 is 0 Å². The maximum atomic E-state index is 12.2. The lowest BCUT2D eigenvalue weighted by atomic mass is 10.2. The lowest BCUT2D eigenvalue weighted by molar-refractivity contribution is -0.385. The number of nitro benzene ring substituents is 1.